The molecule has 0 bridgehead atoms. The topological polar surface area (TPSA) is 18.5 Å². The highest BCUT2D eigenvalue weighted by molar-refractivity contribution is 6.35. The second kappa shape index (κ2) is 5.87. The first kappa shape index (κ1) is 14.3. The summed E-state index contributed by atoms with van der Waals surface area (Å²) in [7, 11) is 1.56. The highest BCUT2D eigenvalue weighted by Crippen LogP contribution is 2.42. The van der Waals surface area contributed by atoms with Crippen molar-refractivity contribution in [1.82, 2.24) is 0 Å². The van der Waals surface area contributed by atoms with E-state index >= 15 is 0 Å². The predicted molar refractivity (Wildman–Crippen MR) is 75.1 cm³/mol. The fourth-order valence-electron chi connectivity index (χ4n) is 2.22. The smallest absolute Gasteiger partial charge is 0.138 e. The Morgan fingerprint density at radius 2 is 2.06 bits per heavy atom. The van der Waals surface area contributed by atoms with E-state index in [0.29, 0.717) is 22.4 Å². The predicted octanol–water partition coefficient (Wildman–Crippen LogP) is 4.71. The number of halogens is 3. The van der Waals surface area contributed by atoms with E-state index in [2.05, 4.69) is 0 Å². The Morgan fingerprint density at radius 1 is 1.33 bits per heavy atom. The Hall–Kier alpha value is -0.150. The third kappa shape index (κ3) is 2.88. The summed E-state index contributed by atoms with van der Waals surface area (Å²) in [5.74, 6) is 0.828. The van der Waals surface area contributed by atoms with Crippen LogP contribution < -0.4 is 4.74 Å². The molecule has 0 aliphatic carbocycles. The Morgan fingerprint density at radius 3 is 2.61 bits per heavy atom. The van der Waals surface area contributed by atoms with Crippen LogP contribution >= 0.6 is 34.8 Å². The molecule has 1 aliphatic rings. The highest BCUT2D eigenvalue weighted by atomic mass is 35.5. The zero-order valence-electron chi connectivity index (χ0n) is 10.3. The van der Waals surface area contributed by atoms with Crippen molar-refractivity contribution in [3.8, 4) is 5.75 Å². The number of rotatable bonds is 3. The average molecular weight is 310 g/mol. The molecule has 2 rings (SSSR count). The molecule has 1 saturated heterocycles. The van der Waals surface area contributed by atoms with Crippen LogP contribution in [0.2, 0.25) is 10.0 Å². The van der Waals surface area contributed by atoms with Gasteiger partial charge in [-0.05, 0) is 25.0 Å². The maximum Gasteiger partial charge on any atom is 0.138 e. The van der Waals surface area contributed by atoms with Gasteiger partial charge in [-0.1, -0.05) is 23.2 Å². The van der Waals surface area contributed by atoms with E-state index in [4.69, 9.17) is 44.3 Å². The Balaban J connectivity index is 2.25. The van der Waals surface area contributed by atoms with E-state index in [1.165, 1.54) is 0 Å². The van der Waals surface area contributed by atoms with Crippen LogP contribution in [0.15, 0.2) is 12.1 Å². The Labute approximate surface area is 122 Å². The summed E-state index contributed by atoms with van der Waals surface area (Å²) in [6.07, 6.45) is 1.19. The number of benzene rings is 1. The number of hydrogen-bond acceptors (Lipinski definition) is 2. The quantitative estimate of drug-likeness (QED) is 0.753. The fraction of sp³-hybridized carbons (Fsp3) is 0.538. The molecule has 1 heterocycles. The molecule has 0 N–H and O–H groups in total. The molecular weight excluding hydrogens is 294 g/mol. The Kier molecular flexibility index (Phi) is 4.65. The number of hydrogen-bond donors (Lipinski definition) is 0. The SMILES string of the molecule is COc1cc(Cl)c(C(Cl)C2COC(C)C2)cc1Cl. The number of alkyl halides is 1. The zero-order valence-corrected chi connectivity index (χ0v) is 12.5. The summed E-state index contributed by atoms with van der Waals surface area (Å²) in [5.41, 5.74) is 0.840. The molecule has 0 spiro atoms. The van der Waals surface area contributed by atoms with Gasteiger partial charge in [0.25, 0.3) is 0 Å². The molecular formula is C13H15Cl3O2. The van der Waals surface area contributed by atoms with Crippen LogP contribution in [0.5, 0.6) is 5.75 Å². The number of methoxy groups -OCH3 is 1. The van der Waals surface area contributed by atoms with Crippen LogP contribution in [0.25, 0.3) is 0 Å². The molecule has 100 valence electrons. The molecule has 1 aromatic rings. The van der Waals surface area contributed by atoms with Crippen LogP contribution in [0.1, 0.15) is 24.3 Å². The molecule has 3 unspecified atom stereocenters. The monoisotopic (exact) mass is 308 g/mol. The highest BCUT2D eigenvalue weighted by Gasteiger charge is 2.30. The summed E-state index contributed by atoms with van der Waals surface area (Å²) >= 11 is 18.8. The summed E-state index contributed by atoms with van der Waals surface area (Å²) in [6, 6.07) is 3.48. The van der Waals surface area contributed by atoms with E-state index < -0.39 is 0 Å². The summed E-state index contributed by atoms with van der Waals surface area (Å²) in [6.45, 7) is 2.71. The molecule has 2 nitrogen and oxygen atoms in total. The lowest BCUT2D eigenvalue weighted by Crippen LogP contribution is -2.08. The van der Waals surface area contributed by atoms with Gasteiger partial charge in [-0.25, -0.2) is 0 Å². The lowest BCUT2D eigenvalue weighted by molar-refractivity contribution is 0.120. The standard InChI is InChI=1S/C13H15Cl3O2/c1-7-3-8(6-18-7)13(16)9-4-11(15)12(17-2)5-10(9)14/h4-5,7-8,13H,3,6H2,1-2H3. The van der Waals surface area contributed by atoms with Crippen molar-refractivity contribution in [3.05, 3.63) is 27.7 Å². The van der Waals surface area contributed by atoms with Gasteiger partial charge in [-0.15, -0.1) is 11.6 Å². The van der Waals surface area contributed by atoms with Gasteiger partial charge in [0.1, 0.15) is 5.75 Å². The molecule has 5 heteroatoms. The first-order chi connectivity index (χ1) is 8.52. The summed E-state index contributed by atoms with van der Waals surface area (Å²) in [5, 5.41) is 0.913. The second-order valence-electron chi connectivity index (χ2n) is 4.55. The van der Waals surface area contributed by atoms with E-state index in [1.54, 1.807) is 19.2 Å². The van der Waals surface area contributed by atoms with Gasteiger partial charge in [0.05, 0.1) is 30.2 Å². The summed E-state index contributed by atoms with van der Waals surface area (Å²) in [4.78, 5) is 0. The minimum absolute atomic E-state index is 0.189. The van der Waals surface area contributed by atoms with Gasteiger partial charge in [0.15, 0.2) is 0 Å². The van der Waals surface area contributed by atoms with Crippen molar-refractivity contribution >= 4 is 34.8 Å². The molecule has 0 radical (unpaired) electrons. The van der Waals surface area contributed by atoms with E-state index in [1.807, 2.05) is 6.92 Å². The molecule has 0 amide bonds. The Bertz CT molecular complexity index is 436. The first-order valence-corrected chi connectivity index (χ1v) is 7.00. The van der Waals surface area contributed by atoms with Crippen molar-refractivity contribution in [2.24, 2.45) is 5.92 Å². The fourth-order valence-corrected chi connectivity index (χ4v) is 3.15. The van der Waals surface area contributed by atoms with Gasteiger partial charge < -0.3 is 9.47 Å². The van der Waals surface area contributed by atoms with Crippen molar-refractivity contribution < 1.29 is 9.47 Å². The van der Waals surface area contributed by atoms with E-state index in [9.17, 15) is 0 Å². The van der Waals surface area contributed by atoms with Gasteiger partial charge in [0, 0.05) is 17.0 Å². The van der Waals surface area contributed by atoms with Crippen LogP contribution in [0.4, 0.5) is 0 Å². The van der Waals surface area contributed by atoms with Gasteiger partial charge in [-0.3, -0.25) is 0 Å². The summed E-state index contributed by atoms with van der Waals surface area (Å²) < 4.78 is 10.7. The van der Waals surface area contributed by atoms with Crippen molar-refractivity contribution in [1.29, 1.82) is 0 Å². The third-order valence-corrected chi connectivity index (χ3v) is 4.43. The molecule has 3 atom stereocenters. The van der Waals surface area contributed by atoms with Crippen molar-refractivity contribution in [2.75, 3.05) is 13.7 Å². The van der Waals surface area contributed by atoms with Crippen molar-refractivity contribution in [3.63, 3.8) is 0 Å². The van der Waals surface area contributed by atoms with E-state index in [0.717, 1.165) is 12.0 Å². The first-order valence-electron chi connectivity index (χ1n) is 5.81. The molecule has 0 saturated carbocycles. The second-order valence-corrected chi connectivity index (χ2v) is 5.83. The average Bonchev–Trinajstić information content (AvgIpc) is 2.77. The van der Waals surface area contributed by atoms with Crippen LogP contribution in [0, 0.1) is 5.92 Å². The third-order valence-electron chi connectivity index (χ3n) is 3.21. The largest absolute Gasteiger partial charge is 0.495 e. The lowest BCUT2D eigenvalue weighted by Gasteiger charge is -2.18. The number of ether oxygens (including phenoxy) is 2. The molecule has 1 aliphatic heterocycles. The molecule has 0 aromatic heterocycles. The van der Waals surface area contributed by atoms with E-state index in [-0.39, 0.29) is 17.4 Å². The normalized spacial score (nSPS) is 25.2. The lowest BCUT2D eigenvalue weighted by atomic mass is 9.96. The minimum Gasteiger partial charge on any atom is -0.495 e. The molecule has 1 fully saturated rings. The van der Waals surface area contributed by atoms with Gasteiger partial charge in [-0.2, -0.15) is 0 Å². The van der Waals surface area contributed by atoms with Crippen LogP contribution in [-0.2, 0) is 4.74 Å². The van der Waals surface area contributed by atoms with Gasteiger partial charge >= 0.3 is 0 Å². The zero-order chi connectivity index (χ0) is 13.3. The molecule has 1 aromatic carbocycles. The van der Waals surface area contributed by atoms with Crippen LogP contribution in [0.3, 0.4) is 0 Å². The minimum atomic E-state index is -0.189. The van der Waals surface area contributed by atoms with Crippen molar-refractivity contribution in [2.45, 2.75) is 24.8 Å². The maximum atomic E-state index is 6.49. The van der Waals surface area contributed by atoms with Crippen LogP contribution in [-0.4, -0.2) is 19.8 Å². The molecule has 18 heavy (non-hydrogen) atoms. The maximum absolute atomic E-state index is 6.49. The van der Waals surface area contributed by atoms with Gasteiger partial charge in [0.2, 0.25) is 0 Å².